The van der Waals surface area contributed by atoms with Crippen LogP contribution in [0.5, 0.6) is 0 Å². The number of carbonyl (C=O) groups excluding carboxylic acids is 1. The van der Waals surface area contributed by atoms with Crippen molar-refractivity contribution in [1.82, 2.24) is 14.7 Å². The standard InChI is InChI=1S/C17H28N4O/c1-14-6-5-7-16(15(14)2)18-17(22)21-12-10-20(11-13-21)9-8-19(3)4/h5-7H,8-13H2,1-4H3,(H,18,22). The minimum atomic E-state index is 0.0148. The molecule has 1 heterocycles. The Labute approximate surface area is 133 Å². The number of urea groups is 1. The third-order valence-corrected chi connectivity index (χ3v) is 4.37. The Morgan fingerprint density at radius 3 is 2.50 bits per heavy atom. The summed E-state index contributed by atoms with van der Waals surface area (Å²) in [6.45, 7) is 9.74. The summed E-state index contributed by atoms with van der Waals surface area (Å²) in [5, 5.41) is 3.05. The zero-order valence-electron chi connectivity index (χ0n) is 14.2. The summed E-state index contributed by atoms with van der Waals surface area (Å²) in [7, 11) is 4.18. The van der Waals surface area contributed by atoms with Crippen molar-refractivity contribution in [3.63, 3.8) is 0 Å². The van der Waals surface area contributed by atoms with Crippen LogP contribution < -0.4 is 5.32 Å². The molecule has 22 heavy (non-hydrogen) atoms. The van der Waals surface area contributed by atoms with Gasteiger partial charge in [0, 0.05) is 45.0 Å². The fourth-order valence-corrected chi connectivity index (χ4v) is 2.60. The van der Waals surface area contributed by atoms with E-state index in [0.29, 0.717) is 0 Å². The highest BCUT2D eigenvalue weighted by Gasteiger charge is 2.21. The molecule has 1 saturated heterocycles. The van der Waals surface area contributed by atoms with Crippen LogP contribution in [0.4, 0.5) is 10.5 Å². The lowest BCUT2D eigenvalue weighted by Gasteiger charge is -2.35. The highest BCUT2D eigenvalue weighted by atomic mass is 16.2. The number of aryl methyl sites for hydroxylation is 1. The Morgan fingerprint density at radius 2 is 1.86 bits per heavy atom. The molecule has 0 unspecified atom stereocenters. The second-order valence-corrected chi connectivity index (χ2v) is 6.31. The predicted molar refractivity (Wildman–Crippen MR) is 91.5 cm³/mol. The Balaban J connectivity index is 1.84. The first-order chi connectivity index (χ1) is 10.5. The molecule has 1 aromatic rings. The molecule has 5 heteroatoms. The van der Waals surface area contributed by atoms with Gasteiger partial charge in [-0.25, -0.2) is 4.79 Å². The van der Waals surface area contributed by atoms with Crippen molar-refractivity contribution in [2.75, 3.05) is 58.7 Å². The molecule has 0 aromatic heterocycles. The summed E-state index contributed by atoms with van der Waals surface area (Å²) >= 11 is 0. The van der Waals surface area contributed by atoms with E-state index in [1.807, 2.05) is 24.0 Å². The quantitative estimate of drug-likeness (QED) is 0.925. The Bertz CT molecular complexity index is 507. The highest BCUT2D eigenvalue weighted by molar-refractivity contribution is 5.90. The number of hydrogen-bond acceptors (Lipinski definition) is 3. The van der Waals surface area contributed by atoms with Crippen LogP contribution in [0.3, 0.4) is 0 Å². The number of piperazine rings is 1. The molecule has 2 rings (SSSR count). The van der Waals surface area contributed by atoms with Crippen molar-refractivity contribution in [2.24, 2.45) is 0 Å². The molecule has 2 amide bonds. The van der Waals surface area contributed by atoms with Crippen LogP contribution in [-0.4, -0.2) is 74.1 Å². The largest absolute Gasteiger partial charge is 0.322 e. The van der Waals surface area contributed by atoms with Gasteiger partial charge in [-0.2, -0.15) is 0 Å². The summed E-state index contributed by atoms with van der Waals surface area (Å²) in [5.41, 5.74) is 3.26. The van der Waals surface area contributed by atoms with Crippen LogP contribution >= 0.6 is 0 Å². The van der Waals surface area contributed by atoms with E-state index in [-0.39, 0.29) is 6.03 Å². The van der Waals surface area contributed by atoms with Crippen molar-refractivity contribution < 1.29 is 4.79 Å². The van der Waals surface area contributed by atoms with E-state index >= 15 is 0 Å². The van der Waals surface area contributed by atoms with Gasteiger partial charge in [0.05, 0.1) is 0 Å². The maximum absolute atomic E-state index is 12.4. The Morgan fingerprint density at radius 1 is 1.18 bits per heavy atom. The van der Waals surface area contributed by atoms with Crippen molar-refractivity contribution in [3.05, 3.63) is 29.3 Å². The number of nitrogens with zero attached hydrogens (tertiary/aromatic N) is 3. The lowest BCUT2D eigenvalue weighted by molar-refractivity contribution is 0.140. The zero-order valence-corrected chi connectivity index (χ0v) is 14.2. The lowest BCUT2D eigenvalue weighted by atomic mass is 10.1. The number of rotatable bonds is 4. The van der Waals surface area contributed by atoms with Crippen LogP contribution in [0, 0.1) is 13.8 Å². The van der Waals surface area contributed by atoms with Gasteiger partial charge in [-0.3, -0.25) is 4.90 Å². The molecule has 1 aromatic carbocycles. The number of amides is 2. The third-order valence-electron chi connectivity index (χ3n) is 4.37. The number of benzene rings is 1. The van der Waals surface area contributed by atoms with Gasteiger partial charge in [-0.05, 0) is 45.1 Å². The zero-order chi connectivity index (χ0) is 16.1. The van der Waals surface area contributed by atoms with Crippen LogP contribution in [0.2, 0.25) is 0 Å². The fourth-order valence-electron chi connectivity index (χ4n) is 2.60. The molecule has 1 fully saturated rings. The molecule has 0 bridgehead atoms. The third kappa shape index (κ3) is 4.45. The fraction of sp³-hybridized carbons (Fsp3) is 0.588. The van der Waals surface area contributed by atoms with Crippen LogP contribution in [0.25, 0.3) is 0 Å². The second kappa shape index (κ2) is 7.61. The number of anilines is 1. The van der Waals surface area contributed by atoms with Crippen LogP contribution in [0.1, 0.15) is 11.1 Å². The van der Waals surface area contributed by atoms with Gasteiger partial charge in [0.15, 0.2) is 0 Å². The van der Waals surface area contributed by atoms with E-state index in [4.69, 9.17) is 0 Å². The van der Waals surface area contributed by atoms with E-state index in [9.17, 15) is 4.79 Å². The van der Waals surface area contributed by atoms with Gasteiger partial charge < -0.3 is 15.1 Å². The maximum Gasteiger partial charge on any atom is 0.321 e. The maximum atomic E-state index is 12.4. The summed E-state index contributed by atoms with van der Waals surface area (Å²) in [5.74, 6) is 0. The molecular formula is C17H28N4O. The summed E-state index contributed by atoms with van der Waals surface area (Å²) in [4.78, 5) is 18.9. The minimum absolute atomic E-state index is 0.0148. The minimum Gasteiger partial charge on any atom is -0.322 e. The highest BCUT2D eigenvalue weighted by Crippen LogP contribution is 2.18. The van der Waals surface area contributed by atoms with E-state index in [1.54, 1.807) is 0 Å². The molecular weight excluding hydrogens is 276 g/mol. The van der Waals surface area contributed by atoms with E-state index in [1.165, 1.54) is 5.56 Å². The molecule has 122 valence electrons. The van der Waals surface area contributed by atoms with Gasteiger partial charge in [0.1, 0.15) is 0 Å². The Hall–Kier alpha value is -1.59. The molecule has 1 aliphatic rings. The molecule has 0 atom stereocenters. The number of carbonyl (C=O) groups is 1. The van der Waals surface area contributed by atoms with Gasteiger partial charge in [-0.1, -0.05) is 12.1 Å². The summed E-state index contributed by atoms with van der Waals surface area (Å²) in [6.07, 6.45) is 0. The van der Waals surface area contributed by atoms with Crippen LogP contribution in [-0.2, 0) is 0 Å². The van der Waals surface area contributed by atoms with Gasteiger partial charge >= 0.3 is 6.03 Å². The first kappa shape index (κ1) is 16.8. The van der Waals surface area contributed by atoms with Gasteiger partial charge in [0.2, 0.25) is 0 Å². The average Bonchev–Trinajstić information content (AvgIpc) is 2.50. The Kier molecular flexibility index (Phi) is 5.80. The second-order valence-electron chi connectivity index (χ2n) is 6.31. The lowest BCUT2D eigenvalue weighted by Crippen LogP contribution is -2.51. The number of hydrogen-bond donors (Lipinski definition) is 1. The van der Waals surface area contributed by atoms with Crippen LogP contribution in [0.15, 0.2) is 18.2 Å². The average molecular weight is 304 g/mol. The smallest absolute Gasteiger partial charge is 0.321 e. The van der Waals surface area contributed by atoms with E-state index in [2.05, 4.69) is 42.2 Å². The van der Waals surface area contributed by atoms with Crippen molar-refractivity contribution in [3.8, 4) is 0 Å². The number of likely N-dealkylation sites (N-methyl/N-ethyl adjacent to an activating group) is 1. The normalized spacial score (nSPS) is 16.1. The molecule has 0 aliphatic carbocycles. The van der Waals surface area contributed by atoms with Gasteiger partial charge in [-0.15, -0.1) is 0 Å². The molecule has 1 aliphatic heterocycles. The topological polar surface area (TPSA) is 38.8 Å². The predicted octanol–water partition coefficient (Wildman–Crippen LogP) is 2.01. The van der Waals surface area contributed by atoms with E-state index < -0.39 is 0 Å². The van der Waals surface area contributed by atoms with E-state index in [0.717, 1.165) is 50.5 Å². The molecule has 0 spiro atoms. The summed E-state index contributed by atoms with van der Waals surface area (Å²) in [6, 6.07) is 6.03. The number of nitrogens with one attached hydrogen (secondary N) is 1. The molecule has 5 nitrogen and oxygen atoms in total. The SMILES string of the molecule is Cc1cccc(NC(=O)N2CCN(CCN(C)C)CC2)c1C. The molecule has 0 saturated carbocycles. The van der Waals surface area contributed by atoms with Crippen molar-refractivity contribution >= 4 is 11.7 Å². The molecule has 1 N–H and O–H groups in total. The first-order valence-corrected chi connectivity index (χ1v) is 7.96. The monoisotopic (exact) mass is 304 g/mol. The van der Waals surface area contributed by atoms with Crippen molar-refractivity contribution in [1.29, 1.82) is 0 Å². The van der Waals surface area contributed by atoms with Crippen molar-refractivity contribution in [2.45, 2.75) is 13.8 Å². The molecule has 0 radical (unpaired) electrons. The summed E-state index contributed by atoms with van der Waals surface area (Å²) < 4.78 is 0. The first-order valence-electron chi connectivity index (χ1n) is 7.96. The van der Waals surface area contributed by atoms with Gasteiger partial charge in [0.25, 0.3) is 0 Å².